The Labute approximate surface area is 134 Å². The molecular weight excluding hydrogens is 342 g/mol. The zero-order chi connectivity index (χ0) is 15.1. The highest BCUT2D eigenvalue weighted by Crippen LogP contribution is 2.35. The van der Waals surface area contributed by atoms with Crippen molar-refractivity contribution in [3.05, 3.63) is 59.5 Å². The summed E-state index contributed by atoms with van der Waals surface area (Å²) in [4.78, 5) is 4.24. The van der Waals surface area contributed by atoms with Crippen molar-refractivity contribution in [1.29, 1.82) is 0 Å². The first-order valence-corrected chi connectivity index (χ1v) is 7.51. The maximum atomic E-state index is 10.0. The van der Waals surface area contributed by atoms with E-state index in [0.29, 0.717) is 5.39 Å². The van der Waals surface area contributed by atoms with Gasteiger partial charge in [-0.15, -0.1) is 5.10 Å². The van der Waals surface area contributed by atoms with Gasteiger partial charge < -0.3 is 5.11 Å². The van der Waals surface area contributed by atoms with E-state index < -0.39 is 0 Å². The first-order chi connectivity index (χ1) is 10.8. The maximum absolute atomic E-state index is 10.0. The third kappa shape index (κ3) is 1.94. The number of fused-ring (bicyclic) bond motifs is 2. The summed E-state index contributed by atoms with van der Waals surface area (Å²) in [6, 6.07) is 11.4. The Balaban J connectivity index is 2.13. The van der Waals surface area contributed by atoms with E-state index >= 15 is 0 Å². The summed E-state index contributed by atoms with van der Waals surface area (Å²) in [6.45, 7) is 0. The van der Waals surface area contributed by atoms with Gasteiger partial charge in [0.2, 0.25) is 0 Å². The molecule has 4 aromatic rings. The first kappa shape index (κ1) is 13.2. The number of benzene rings is 2. The van der Waals surface area contributed by atoms with Crippen LogP contribution in [-0.2, 0) is 0 Å². The van der Waals surface area contributed by atoms with Crippen LogP contribution in [-0.4, -0.2) is 20.3 Å². The molecule has 2 heterocycles. The highest BCUT2D eigenvalue weighted by atomic mass is 79.9. The number of halogens is 1. The lowest BCUT2D eigenvalue weighted by Crippen LogP contribution is -1.92. The number of pyridine rings is 1. The van der Waals surface area contributed by atoms with Crippen LogP contribution in [0.2, 0.25) is 0 Å². The van der Waals surface area contributed by atoms with Crippen molar-refractivity contribution < 1.29 is 5.11 Å². The molecule has 4 nitrogen and oxygen atoms in total. The number of nitrogens with zero attached hydrogens (tertiary/aromatic N) is 3. The lowest BCUT2D eigenvalue weighted by Gasteiger charge is -2.09. The SMILES string of the molecule is Oc1cccc2c(-c3nncc4c(Br)cccc34)cncc12. The Hall–Kier alpha value is -2.53. The third-order valence-electron chi connectivity index (χ3n) is 3.69. The van der Waals surface area contributed by atoms with Crippen LogP contribution in [0.1, 0.15) is 0 Å². The van der Waals surface area contributed by atoms with E-state index in [9.17, 15) is 5.11 Å². The first-order valence-electron chi connectivity index (χ1n) is 6.71. The molecule has 1 N–H and O–H groups in total. The van der Waals surface area contributed by atoms with Crippen molar-refractivity contribution in [3.63, 3.8) is 0 Å². The van der Waals surface area contributed by atoms with Crippen LogP contribution in [0.4, 0.5) is 0 Å². The lowest BCUT2D eigenvalue weighted by atomic mass is 10.0. The molecule has 0 atom stereocenters. The zero-order valence-corrected chi connectivity index (χ0v) is 12.9. The van der Waals surface area contributed by atoms with E-state index in [4.69, 9.17) is 0 Å². The topological polar surface area (TPSA) is 58.9 Å². The Morgan fingerprint density at radius 1 is 0.818 bits per heavy atom. The molecule has 0 aliphatic carbocycles. The van der Waals surface area contributed by atoms with Crippen molar-refractivity contribution in [3.8, 4) is 17.0 Å². The van der Waals surface area contributed by atoms with Gasteiger partial charge in [0, 0.05) is 38.6 Å². The van der Waals surface area contributed by atoms with Gasteiger partial charge in [-0.1, -0.05) is 40.2 Å². The smallest absolute Gasteiger partial charge is 0.124 e. The summed E-state index contributed by atoms with van der Waals surface area (Å²) >= 11 is 3.54. The fraction of sp³-hybridized carbons (Fsp3) is 0. The zero-order valence-electron chi connectivity index (χ0n) is 11.4. The van der Waals surface area contributed by atoms with Crippen molar-refractivity contribution in [2.75, 3.05) is 0 Å². The van der Waals surface area contributed by atoms with Gasteiger partial charge in [0.05, 0.1) is 6.20 Å². The number of hydrogen-bond donors (Lipinski definition) is 1. The van der Waals surface area contributed by atoms with Gasteiger partial charge in [-0.25, -0.2) is 0 Å². The quantitative estimate of drug-likeness (QED) is 0.555. The molecule has 22 heavy (non-hydrogen) atoms. The lowest BCUT2D eigenvalue weighted by molar-refractivity contribution is 0.481. The minimum atomic E-state index is 0.209. The molecule has 0 saturated carbocycles. The minimum Gasteiger partial charge on any atom is -0.507 e. The van der Waals surface area contributed by atoms with E-state index in [1.165, 1.54) is 0 Å². The Morgan fingerprint density at radius 2 is 1.64 bits per heavy atom. The number of hydrogen-bond acceptors (Lipinski definition) is 4. The maximum Gasteiger partial charge on any atom is 0.124 e. The van der Waals surface area contributed by atoms with Crippen molar-refractivity contribution in [2.24, 2.45) is 0 Å². The molecule has 4 rings (SSSR count). The van der Waals surface area contributed by atoms with E-state index in [1.54, 1.807) is 24.7 Å². The van der Waals surface area contributed by atoms with Gasteiger partial charge >= 0.3 is 0 Å². The Morgan fingerprint density at radius 3 is 2.55 bits per heavy atom. The number of phenolic OH excluding ortho intramolecular Hbond substituents is 1. The minimum absolute atomic E-state index is 0.209. The van der Waals surface area contributed by atoms with Crippen LogP contribution in [0.25, 0.3) is 32.8 Å². The van der Waals surface area contributed by atoms with Crippen LogP contribution >= 0.6 is 15.9 Å². The van der Waals surface area contributed by atoms with Gasteiger partial charge in [-0.3, -0.25) is 4.98 Å². The molecule has 5 heteroatoms. The summed E-state index contributed by atoms with van der Waals surface area (Å²) in [5, 5.41) is 22.0. The van der Waals surface area contributed by atoms with Gasteiger partial charge in [0.15, 0.2) is 0 Å². The van der Waals surface area contributed by atoms with Crippen LogP contribution in [0, 0.1) is 0 Å². The Kier molecular flexibility index (Phi) is 3.01. The molecule has 0 radical (unpaired) electrons. The molecule has 106 valence electrons. The van der Waals surface area contributed by atoms with Crippen LogP contribution in [0.15, 0.2) is 59.5 Å². The van der Waals surface area contributed by atoms with E-state index in [-0.39, 0.29) is 5.75 Å². The summed E-state index contributed by atoms with van der Waals surface area (Å²) in [7, 11) is 0. The molecule has 0 aliphatic rings. The molecule has 0 saturated heterocycles. The highest BCUT2D eigenvalue weighted by Gasteiger charge is 2.12. The molecule has 2 aromatic heterocycles. The van der Waals surface area contributed by atoms with E-state index in [1.807, 2.05) is 30.3 Å². The monoisotopic (exact) mass is 351 g/mol. The highest BCUT2D eigenvalue weighted by molar-refractivity contribution is 9.10. The molecule has 2 aromatic carbocycles. The summed E-state index contributed by atoms with van der Waals surface area (Å²) in [6.07, 6.45) is 5.15. The predicted molar refractivity (Wildman–Crippen MR) is 89.6 cm³/mol. The largest absolute Gasteiger partial charge is 0.507 e. The van der Waals surface area contributed by atoms with Crippen LogP contribution in [0.3, 0.4) is 0 Å². The molecule has 0 unspecified atom stereocenters. The summed E-state index contributed by atoms with van der Waals surface area (Å²) in [5.74, 6) is 0.209. The van der Waals surface area contributed by atoms with Crippen LogP contribution < -0.4 is 0 Å². The second-order valence-corrected chi connectivity index (χ2v) is 5.81. The summed E-state index contributed by atoms with van der Waals surface area (Å²) < 4.78 is 0.970. The van der Waals surface area contributed by atoms with Crippen LogP contribution in [0.5, 0.6) is 5.75 Å². The standard InChI is InChI=1S/C17H10BrN3O/c18-15-5-1-4-11-12(15)9-20-21-17(11)14-8-19-7-13-10(14)3-2-6-16(13)22/h1-9,22H. The molecule has 0 fully saturated rings. The predicted octanol–water partition coefficient (Wildman–Crippen LogP) is 4.31. The van der Waals surface area contributed by atoms with Crippen molar-refractivity contribution in [1.82, 2.24) is 15.2 Å². The molecule has 0 aliphatic heterocycles. The van der Waals surface area contributed by atoms with Gasteiger partial charge in [0.25, 0.3) is 0 Å². The number of aromatic hydroxyl groups is 1. The van der Waals surface area contributed by atoms with E-state index in [2.05, 4.69) is 31.1 Å². The average molecular weight is 352 g/mol. The number of rotatable bonds is 1. The van der Waals surface area contributed by atoms with Crippen molar-refractivity contribution >= 4 is 37.5 Å². The van der Waals surface area contributed by atoms with Gasteiger partial charge in [0.1, 0.15) is 11.4 Å². The average Bonchev–Trinajstić information content (AvgIpc) is 2.55. The fourth-order valence-electron chi connectivity index (χ4n) is 2.64. The molecule has 0 amide bonds. The molecular formula is C17H10BrN3O. The van der Waals surface area contributed by atoms with E-state index in [0.717, 1.165) is 31.9 Å². The van der Waals surface area contributed by atoms with Gasteiger partial charge in [-0.05, 0) is 17.5 Å². The number of phenols is 1. The Bertz CT molecular complexity index is 934. The second kappa shape index (κ2) is 5.03. The van der Waals surface area contributed by atoms with Gasteiger partial charge in [-0.2, -0.15) is 5.10 Å². The second-order valence-electron chi connectivity index (χ2n) is 4.95. The molecule has 0 spiro atoms. The van der Waals surface area contributed by atoms with Crippen molar-refractivity contribution in [2.45, 2.75) is 0 Å². The third-order valence-corrected chi connectivity index (χ3v) is 4.38. The summed E-state index contributed by atoms with van der Waals surface area (Å²) in [5.41, 5.74) is 1.60. The number of aromatic nitrogens is 3. The molecule has 0 bridgehead atoms. The fourth-order valence-corrected chi connectivity index (χ4v) is 3.11. The normalized spacial score (nSPS) is 11.1.